The molecular formula is C28H34FN3O2. The fraction of sp³-hybridized carbons (Fsp3) is 0.464. The fourth-order valence-electron chi connectivity index (χ4n) is 5.91. The molecule has 1 aliphatic rings. The number of piperidine rings is 1. The maximum atomic E-state index is 16.6. The van der Waals surface area contributed by atoms with Gasteiger partial charge >= 0.3 is 0 Å². The zero-order valence-electron chi connectivity index (χ0n) is 20.5. The third kappa shape index (κ3) is 3.55. The molecule has 0 unspecified atom stereocenters. The normalized spacial score (nSPS) is 16.0. The van der Waals surface area contributed by atoms with Crippen molar-refractivity contribution in [2.45, 2.75) is 58.9 Å². The van der Waals surface area contributed by atoms with Crippen molar-refractivity contribution >= 4 is 32.8 Å². The number of fused-ring (bicyclic) bond motifs is 4. The lowest BCUT2D eigenvalue weighted by Crippen LogP contribution is -2.35. The fourth-order valence-corrected chi connectivity index (χ4v) is 5.91. The van der Waals surface area contributed by atoms with Gasteiger partial charge in [0.1, 0.15) is 5.65 Å². The predicted octanol–water partition coefficient (Wildman–Crippen LogP) is 5.40. The third-order valence-electron chi connectivity index (χ3n) is 7.56. The molecule has 34 heavy (non-hydrogen) atoms. The summed E-state index contributed by atoms with van der Waals surface area (Å²) in [5.41, 5.74) is 4.74. The highest BCUT2D eigenvalue weighted by atomic mass is 19.1. The van der Waals surface area contributed by atoms with Crippen molar-refractivity contribution in [3.63, 3.8) is 0 Å². The van der Waals surface area contributed by atoms with Gasteiger partial charge in [0.2, 0.25) is 0 Å². The van der Waals surface area contributed by atoms with Crippen molar-refractivity contribution in [1.82, 2.24) is 14.5 Å². The van der Waals surface area contributed by atoms with Gasteiger partial charge in [-0.05, 0) is 87.9 Å². The number of nitrogens with one attached hydrogen (secondary N) is 1. The zero-order valence-corrected chi connectivity index (χ0v) is 20.5. The van der Waals surface area contributed by atoms with Crippen LogP contribution in [0.25, 0.3) is 32.8 Å². The number of aliphatic hydroxyl groups excluding tert-OH is 1. The summed E-state index contributed by atoms with van der Waals surface area (Å²) < 4.78 is 18.6. The molecule has 180 valence electrons. The van der Waals surface area contributed by atoms with E-state index in [1.165, 1.54) is 0 Å². The summed E-state index contributed by atoms with van der Waals surface area (Å²) in [6, 6.07) is 7.99. The summed E-state index contributed by atoms with van der Waals surface area (Å²) in [4.78, 5) is 19.5. The number of rotatable bonds is 5. The van der Waals surface area contributed by atoms with Gasteiger partial charge in [-0.25, -0.2) is 4.39 Å². The van der Waals surface area contributed by atoms with Crippen LogP contribution in [0.5, 0.6) is 0 Å². The SMILES string of the molecule is CCc1cc2c(=O)c3c4ccc(C)cc4[nH]c3n(C(C)C)c2c(F)c1C1CCN(CCO)CC1. The monoisotopic (exact) mass is 463 g/mol. The Morgan fingerprint density at radius 2 is 1.91 bits per heavy atom. The quantitative estimate of drug-likeness (QED) is 0.417. The zero-order chi connectivity index (χ0) is 24.1. The van der Waals surface area contributed by atoms with Crippen LogP contribution in [0.3, 0.4) is 0 Å². The Bertz CT molecular complexity index is 1440. The molecule has 5 rings (SSSR count). The molecular weight excluding hydrogens is 429 g/mol. The highest BCUT2D eigenvalue weighted by molar-refractivity contribution is 6.10. The van der Waals surface area contributed by atoms with E-state index in [2.05, 4.69) is 9.88 Å². The number of hydrogen-bond acceptors (Lipinski definition) is 3. The van der Waals surface area contributed by atoms with E-state index in [4.69, 9.17) is 0 Å². The van der Waals surface area contributed by atoms with Gasteiger partial charge in [-0.3, -0.25) is 4.79 Å². The largest absolute Gasteiger partial charge is 0.395 e. The summed E-state index contributed by atoms with van der Waals surface area (Å²) in [5, 5.41) is 11.3. The van der Waals surface area contributed by atoms with Crippen molar-refractivity contribution in [2.75, 3.05) is 26.2 Å². The number of benzene rings is 2. The molecule has 0 atom stereocenters. The summed E-state index contributed by atoms with van der Waals surface area (Å²) in [5.74, 6) is -0.122. The van der Waals surface area contributed by atoms with Crippen LogP contribution in [0, 0.1) is 12.7 Å². The second kappa shape index (κ2) is 8.82. The standard InChI is InChI=1S/C28H34FN3O2/c1-5-18-15-21-26(25(29)23(18)19-8-10-31(11-9-19)12-13-33)32(16(2)3)28-24(27(21)34)20-7-6-17(4)14-22(20)30-28/h6-7,14-16,19,30,33H,5,8-13H2,1-4H3. The molecule has 3 heterocycles. The topological polar surface area (TPSA) is 61.3 Å². The van der Waals surface area contributed by atoms with E-state index < -0.39 is 0 Å². The Labute approximate surface area is 199 Å². The highest BCUT2D eigenvalue weighted by Gasteiger charge is 2.29. The van der Waals surface area contributed by atoms with Gasteiger partial charge in [-0.2, -0.15) is 0 Å². The first-order chi connectivity index (χ1) is 16.3. The molecule has 2 aromatic heterocycles. The number of aromatic amines is 1. The van der Waals surface area contributed by atoms with Crippen LogP contribution in [0.15, 0.2) is 29.1 Å². The van der Waals surface area contributed by atoms with Crippen LogP contribution < -0.4 is 5.43 Å². The lowest BCUT2D eigenvalue weighted by molar-refractivity contribution is 0.163. The molecule has 0 spiro atoms. The molecule has 0 bridgehead atoms. The van der Waals surface area contributed by atoms with E-state index in [1.54, 1.807) is 0 Å². The van der Waals surface area contributed by atoms with Crippen LogP contribution in [0.2, 0.25) is 0 Å². The number of nitrogens with zero attached hydrogens (tertiary/aromatic N) is 2. The van der Waals surface area contributed by atoms with Crippen LogP contribution >= 0.6 is 0 Å². The van der Waals surface area contributed by atoms with E-state index in [0.717, 1.165) is 53.5 Å². The Morgan fingerprint density at radius 1 is 1.18 bits per heavy atom. The van der Waals surface area contributed by atoms with Gasteiger partial charge in [0, 0.05) is 28.9 Å². The summed E-state index contributed by atoms with van der Waals surface area (Å²) in [7, 11) is 0. The first-order valence-electron chi connectivity index (χ1n) is 12.5. The van der Waals surface area contributed by atoms with E-state index in [9.17, 15) is 9.90 Å². The highest BCUT2D eigenvalue weighted by Crippen LogP contribution is 2.38. The molecule has 1 saturated heterocycles. The molecule has 0 radical (unpaired) electrons. The first-order valence-corrected chi connectivity index (χ1v) is 12.5. The first kappa shape index (κ1) is 23.1. The molecule has 6 heteroatoms. The van der Waals surface area contributed by atoms with Crippen molar-refractivity contribution in [2.24, 2.45) is 0 Å². The van der Waals surface area contributed by atoms with Gasteiger partial charge in [0.25, 0.3) is 0 Å². The van der Waals surface area contributed by atoms with Gasteiger partial charge in [-0.1, -0.05) is 19.1 Å². The minimum Gasteiger partial charge on any atom is -0.395 e. The second-order valence-corrected chi connectivity index (χ2v) is 10.0. The maximum Gasteiger partial charge on any atom is 0.199 e. The number of hydrogen-bond donors (Lipinski definition) is 2. The van der Waals surface area contributed by atoms with Crippen LogP contribution in [0.1, 0.15) is 62.3 Å². The molecule has 2 N–H and O–H groups in total. The second-order valence-electron chi connectivity index (χ2n) is 10.0. The summed E-state index contributed by atoms with van der Waals surface area (Å²) >= 11 is 0. The molecule has 4 aromatic rings. The van der Waals surface area contributed by atoms with Crippen LogP contribution in [-0.4, -0.2) is 45.8 Å². The number of aliphatic hydroxyl groups is 1. The Balaban J connectivity index is 1.81. The Hall–Kier alpha value is -2.70. The minimum absolute atomic E-state index is 0.0269. The molecule has 1 aliphatic heterocycles. The maximum absolute atomic E-state index is 16.6. The summed E-state index contributed by atoms with van der Waals surface area (Å²) in [6.45, 7) is 10.7. The average molecular weight is 464 g/mol. The van der Waals surface area contributed by atoms with Crippen molar-refractivity contribution < 1.29 is 9.50 Å². The van der Waals surface area contributed by atoms with Gasteiger partial charge in [0.05, 0.1) is 17.5 Å². The molecule has 2 aromatic carbocycles. The van der Waals surface area contributed by atoms with Crippen molar-refractivity contribution in [3.8, 4) is 0 Å². The Kier molecular flexibility index (Phi) is 5.98. The number of pyridine rings is 1. The number of β-amino-alcohol motifs (C(OH)–C–C–N with tert-alkyl or cyclic N) is 1. The Morgan fingerprint density at radius 3 is 2.56 bits per heavy atom. The average Bonchev–Trinajstić information content (AvgIpc) is 3.18. The van der Waals surface area contributed by atoms with Crippen molar-refractivity contribution in [1.29, 1.82) is 0 Å². The number of aromatic nitrogens is 2. The number of aryl methyl sites for hydroxylation is 2. The van der Waals surface area contributed by atoms with Crippen LogP contribution in [0.4, 0.5) is 4.39 Å². The molecule has 0 amide bonds. The third-order valence-corrected chi connectivity index (χ3v) is 7.56. The molecule has 0 aliphatic carbocycles. The molecule has 1 fully saturated rings. The van der Waals surface area contributed by atoms with Gasteiger partial charge in [-0.15, -0.1) is 0 Å². The van der Waals surface area contributed by atoms with E-state index in [1.807, 2.05) is 56.5 Å². The van der Waals surface area contributed by atoms with Gasteiger partial charge in [0.15, 0.2) is 11.2 Å². The number of likely N-dealkylation sites (tertiary alicyclic amines) is 1. The smallest absolute Gasteiger partial charge is 0.199 e. The van der Waals surface area contributed by atoms with Crippen LogP contribution in [-0.2, 0) is 6.42 Å². The lowest BCUT2D eigenvalue weighted by atomic mass is 9.84. The van der Waals surface area contributed by atoms with E-state index >= 15 is 4.39 Å². The van der Waals surface area contributed by atoms with E-state index in [0.29, 0.717) is 34.9 Å². The number of H-pyrrole nitrogens is 1. The van der Waals surface area contributed by atoms with Gasteiger partial charge < -0.3 is 19.6 Å². The molecule has 5 nitrogen and oxygen atoms in total. The number of halogens is 1. The predicted molar refractivity (Wildman–Crippen MR) is 138 cm³/mol. The molecule has 0 saturated carbocycles. The summed E-state index contributed by atoms with van der Waals surface area (Å²) in [6.07, 6.45) is 2.40. The van der Waals surface area contributed by atoms with E-state index in [-0.39, 0.29) is 29.8 Å². The van der Waals surface area contributed by atoms with Crippen molar-refractivity contribution in [3.05, 3.63) is 57.0 Å². The minimum atomic E-state index is -0.238. The lowest BCUT2D eigenvalue weighted by Gasteiger charge is -2.33.